The highest BCUT2D eigenvalue weighted by Crippen LogP contribution is 2.30. The van der Waals surface area contributed by atoms with E-state index in [1.54, 1.807) is 0 Å². The van der Waals surface area contributed by atoms with Crippen LogP contribution in [0.2, 0.25) is 0 Å². The molecule has 1 aromatic rings. The Labute approximate surface area is 84.7 Å². The highest BCUT2D eigenvalue weighted by molar-refractivity contribution is 5.44. The van der Waals surface area contributed by atoms with E-state index < -0.39 is 0 Å². The maximum Gasteiger partial charge on any atom is 0.120 e. The Morgan fingerprint density at radius 3 is 2.36 bits per heavy atom. The molecule has 1 aromatic carbocycles. The molecule has 1 aliphatic rings. The average Bonchev–Trinajstić information content (AvgIpc) is 2.16. The van der Waals surface area contributed by atoms with Crippen molar-refractivity contribution in [1.29, 1.82) is 0 Å². The first kappa shape index (κ1) is 9.53. The highest BCUT2D eigenvalue weighted by Gasteiger charge is 2.14. The summed E-state index contributed by atoms with van der Waals surface area (Å²) in [5.74, 6) is 0.362. The second-order valence-corrected chi connectivity index (χ2v) is 4.18. The van der Waals surface area contributed by atoms with Crippen LogP contribution in [0.4, 0.5) is 0 Å². The minimum absolute atomic E-state index is 0.0813. The summed E-state index contributed by atoms with van der Waals surface area (Å²) in [5.41, 5.74) is 9.35. The predicted molar refractivity (Wildman–Crippen MR) is 57.4 cm³/mol. The van der Waals surface area contributed by atoms with E-state index in [4.69, 9.17) is 5.73 Å². The molecule has 1 atom stereocenters. The van der Waals surface area contributed by atoms with Gasteiger partial charge in [-0.3, -0.25) is 0 Å². The number of rotatable bonds is 1. The molecule has 0 heterocycles. The van der Waals surface area contributed by atoms with Gasteiger partial charge in [0.1, 0.15) is 5.75 Å². The van der Waals surface area contributed by atoms with Crippen LogP contribution in [0.25, 0.3) is 0 Å². The number of phenols is 1. The molecule has 0 saturated carbocycles. The van der Waals surface area contributed by atoms with E-state index in [1.165, 1.54) is 24.0 Å². The lowest BCUT2D eigenvalue weighted by atomic mass is 9.89. The summed E-state index contributed by atoms with van der Waals surface area (Å²) >= 11 is 0. The third-order valence-corrected chi connectivity index (χ3v) is 2.98. The zero-order valence-electron chi connectivity index (χ0n) is 8.59. The van der Waals surface area contributed by atoms with Crippen LogP contribution >= 0.6 is 0 Å². The Morgan fingerprint density at radius 1 is 1.21 bits per heavy atom. The Bertz CT molecular complexity index is 344. The zero-order valence-corrected chi connectivity index (χ0v) is 8.59. The van der Waals surface area contributed by atoms with E-state index in [1.807, 2.05) is 13.0 Å². The van der Waals surface area contributed by atoms with E-state index in [0.29, 0.717) is 5.75 Å². The molecule has 2 heteroatoms. The summed E-state index contributed by atoms with van der Waals surface area (Å²) in [6, 6.07) is 3.89. The number of phenolic OH excluding ortho intramolecular Hbond substituents is 1. The van der Waals surface area contributed by atoms with Crippen LogP contribution in [-0.4, -0.2) is 5.11 Å². The summed E-state index contributed by atoms with van der Waals surface area (Å²) in [6.07, 6.45) is 4.73. The second kappa shape index (κ2) is 3.62. The van der Waals surface area contributed by atoms with Crippen molar-refractivity contribution in [3.8, 4) is 5.75 Å². The van der Waals surface area contributed by atoms with Crippen LogP contribution in [0.15, 0.2) is 12.1 Å². The fourth-order valence-corrected chi connectivity index (χ4v) is 2.16. The van der Waals surface area contributed by atoms with Crippen molar-refractivity contribution in [3.63, 3.8) is 0 Å². The van der Waals surface area contributed by atoms with E-state index in [0.717, 1.165) is 18.4 Å². The first-order chi connectivity index (χ1) is 6.68. The van der Waals surface area contributed by atoms with Crippen LogP contribution in [0.3, 0.4) is 0 Å². The van der Waals surface area contributed by atoms with Crippen LogP contribution in [0, 0.1) is 0 Å². The maximum absolute atomic E-state index is 9.76. The summed E-state index contributed by atoms with van der Waals surface area (Å²) in [5, 5.41) is 9.76. The van der Waals surface area contributed by atoms with Gasteiger partial charge in [-0.1, -0.05) is 6.07 Å². The van der Waals surface area contributed by atoms with Gasteiger partial charge in [-0.25, -0.2) is 0 Å². The molecule has 14 heavy (non-hydrogen) atoms. The van der Waals surface area contributed by atoms with Crippen molar-refractivity contribution in [2.24, 2.45) is 5.73 Å². The lowest BCUT2D eigenvalue weighted by Gasteiger charge is -2.19. The van der Waals surface area contributed by atoms with Crippen molar-refractivity contribution in [3.05, 3.63) is 28.8 Å². The first-order valence-corrected chi connectivity index (χ1v) is 5.28. The van der Waals surface area contributed by atoms with Gasteiger partial charge in [0.2, 0.25) is 0 Å². The largest absolute Gasteiger partial charge is 0.508 e. The summed E-state index contributed by atoms with van der Waals surface area (Å²) in [6.45, 7) is 1.91. The first-order valence-electron chi connectivity index (χ1n) is 5.28. The minimum atomic E-state index is -0.0813. The molecule has 2 nitrogen and oxygen atoms in total. The number of hydrogen-bond acceptors (Lipinski definition) is 2. The quantitative estimate of drug-likeness (QED) is 0.715. The zero-order chi connectivity index (χ0) is 10.1. The average molecular weight is 191 g/mol. The summed E-state index contributed by atoms with van der Waals surface area (Å²) in [7, 11) is 0. The van der Waals surface area contributed by atoms with Crippen molar-refractivity contribution in [2.75, 3.05) is 0 Å². The van der Waals surface area contributed by atoms with Gasteiger partial charge in [0.05, 0.1) is 0 Å². The number of benzene rings is 1. The molecule has 2 rings (SSSR count). The number of aromatic hydroxyl groups is 1. The third kappa shape index (κ3) is 1.62. The molecule has 0 saturated heterocycles. The van der Waals surface area contributed by atoms with Gasteiger partial charge in [0, 0.05) is 11.6 Å². The molecular weight excluding hydrogens is 174 g/mol. The van der Waals surface area contributed by atoms with E-state index >= 15 is 0 Å². The SMILES string of the molecule is CC(N)c1cc2c(cc1O)CCCC2. The summed E-state index contributed by atoms with van der Waals surface area (Å²) in [4.78, 5) is 0. The van der Waals surface area contributed by atoms with E-state index in [2.05, 4.69) is 6.07 Å². The molecule has 0 bridgehead atoms. The fourth-order valence-electron chi connectivity index (χ4n) is 2.16. The third-order valence-electron chi connectivity index (χ3n) is 2.98. The molecule has 1 unspecified atom stereocenters. The van der Waals surface area contributed by atoms with E-state index in [9.17, 15) is 5.11 Å². The maximum atomic E-state index is 9.76. The molecule has 0 amide bonds. The number of nitrogens with two attached hydrogens (primary N) is 1. The lowest BCUT2D eigenvalue weighted by Crippen LogP contribution is -2.09. The van der Waals surface area contributed by atoms with Crippen LogP contribution in [0.1, 0.15) is 42.5 Å². The van der Waals surface area contributed by atoms with Gasteiger partial charge in [-0.15, -0.1) is 0 Å². The Morgan fingerprint density at radius 2 is 1.79 bits per heavy atom. The standard InChI is InChI=1S/C12H17NO/c1-8(13)11-6-9-4-2-3-5-10(9)7-12(11)14/h6-8,14H,2-5,13H2,1H3. The molecule has 0 radical (unpaired) electrons. The number of aryl methyl sites for hydroxylation is 2. The normalized spacial score (nSPS) is 17.6. The molecule has 0 fully saturated rings. The van der Waals surface area contributed by atoms with Gasteiger partial charge >= 0.3 is 0 Å². The van der Waals surface area contributed by atoms with Gasteiger partial charge < -0.3 is 10.8 Å². The lowest BCUT2D eigenvalue weighted by molar-refractivity contribution is 0.461. The molecule has 1 aliphatic carbocycles. The topological polar surface area (TPSA) is 46.2 Å². The minimum Gasteiger partial charge on any atom is -0.508 e. The second-order valence-electron chi connectivity index (χ2n) is 4.18. The smallest absolute Gasteiger partial charge is 0.120 e. The van der Waals surface area contributed by atoms with Crippen LogP contribution < -0.4 is 5.73 Å². The molecule has 0 aromatic heterocycles. The fraction of sp³-hybridized carbons (Fsp3) is 0.500. The Kier molecular flexibility index (Phi) is 2.46. The van der Waals surface area contributed by atoms with Gasteiger partial charge in [-0.2, -0.15) is 0 Å². The van der Waals surface area contributed by atoms with Crippen molar-refractivity contribution in [1.82, 2.24) is 0 Å². The highest BCUT2D eigenvalue weighted by atomic mass is 16.3. The van der Waals surface area contributed by atoms with E-state index in [-0.39, 0.29) is 6.04 Å². The molecular formula is C12H17NO. The van der Waals surface area contributed by atoms with Crippen molar-refractivity contribution < 1.29 is 5.11 Å². The van der Waals surface area contributed by atoms with Gasteiger partial charge in [-0.05, 0) is 49.8 Å². The number of fused-ring (bicyclic) bond motifs is 1. The molecule has 3 N–H and O–H groups in total. The van der Waals surface area contributed by atoms with Crippen molar-refractivity contribution >= 4 is 0 Å². The van der Waals surface area contributed by atoms with Crippen LogP contribution in [0.5, 0.6) is 5.75 Å². The monoisotopic (exact) mass is 191 g/mol. The van der Waals surface area contributed by atoms with Crippen molar-refractivity contribution in [2.45, 2.75) is 38.6 Å². The Balaban J connectivity index is 2.45. The summed E-state index contributed by atoms with van der Waals surface area (Å²) < 4.78 is 0. The molecule has 76 valence electrons. The van der Waals surface area contributed by atoms with Gasteiger partial charge in [0.15, 0.2) is 0 Å². The molecule has 0 aliphatic heterocycles. The van der Waals surface area contributed by atoms with Gasteiger partial charge in [0.25, 0.3) is 0 Å². The number of hydrogen-bond donors (Lipinski definition) is 2. The van der Waals surface area contributed by atoms with Crippen LogP contribution in [-0.2, 0) is 12.8 Å². The predicted octanol–water partition coefficient (Wildman–Crippen LogP) is 2.29. The molecule has 0 spiro atoms. The Hall–Kier alpha value is -1.02.